The SMILES string of the molecule is CCC=CCCOc1cccc2c(OC/C=C(\C)CCC=C(C)C)c(OC)c(=O)oc12. The molecule has 0 aliphatic rings. The molecule has 2 aromatic rings. The molecule has 1 heterocycles. The van der Waals surface area contributed by atoms with E-state index in [1.807, 2.05) is 18.2 Å². The normalized spacial score (nSPS) is 11.7. The highest BCUT2D eigenvalue weighted by Crippen LogP contribution is 2.36. The van der Waals surface area contributed by atoms with Crippen molar-refractivity contribution >= 4 is 11.0 Å². The average Bonchev–Trinajstić information content (AvgIpc) is 2.73. The third kappa shape index (κ3) is 7.35. The zero-order valence-electron chi connectivity index (χ0n) is 19.3. The fraction of sp³-hybridized carbons (Fsp3) is 0.423. The maximum absolute atomic E-state index is 12.5. The van der Waals surface area contributed by atoms with Crippen molar-refractivity contribution in [1.29, 1.82) is 0 Å². The van der Waals surface area contributed by atoms with Gasteiger partial charge in [-0.25, -0.2) is 4.79 Å². The van der Waals surface area contributed by atoms with Crippen LogP contribution in [0.2, 0.25) is 0 Å². The van der Waals surface area contributed by atoms with Gasteiger partial charge in [-0.2, -0.15) is 0 Å². The molecule has 0 aliphatic carbocycles. The minimum atomic E-state index is -0.587. The number of methoxy groups -OCH3 is 1. The lowest BCUT2D eigenvalue weighted by Gasteiger charge is -2.13. The van der Waals surface area contributed by atoms with Gasteiger partial charge in [-0.3, -0.25) is 0 Å². The van der Waals surface area contributed by atoms with E-state index >= 15 is 0 Å². The summed E-state index contributed by atoms with van der Waals surface area (Å²) in [6.07, 6.45) is 12.2. The quantitative estimate of drug-likeness (QED) is 0.217. The Balaban J connectivity index is 2.24. The molecular formula is C26H34O5. The van der Waals surface area contributed by atoms with Gasteiger partial charge in [0.1, 0.15) is 6.61 Å². The van der Waals surface area contributed by atoms with E-state index in [1.165, 1.54) is 18.3 Å². The molecule has 1 aromatic carbocycles. The Morgan fingerprint density at radius 1 is 1.03 bits per heavy atom. The van der Waals surface area contributed by atoms with E-state index < -0.39 is 5.63 Å². The van der Waals surface area contributed by atoms with Gasteiger partial charge in [-0.1, -0.05) is 42.4 Å². The van der Waals surface area contributed by atoms with E-state index in [1.54, 1.807) is 6.07 Å². The molecule has 0 amide bonds. The van der Waals surface area contributed by atoms with E-state index in [0.717, 1.165) is 25.7 Å². The highest BCUT2D eigenvalue weighted by molar-refractivity contribution is 5.89. The number of ether oxygens (including phenoxy) is 3. The van der Waals surface area contributed by atoms with E-state index in [0.29, 0.717) is 35.7 Å². The Morgan fingerprint density at radius 3 is 2.55 bits per heavy atom. The summed E-state index contributed by atoms with van der Waals surface area (Å²) in [4.78, 5) is 12.5. The van der Waals surface area contributed by atoms with E-state index in [9.17, 15) is 4.79 Å². The van der Waals surface area contributed by atoms with Gasteiger partial charge in [-0.15, -0.1) is 0 Å². The Labute approximate surface area is 185 Å². The molecular weight excluding hydrogens is 392 g/mol. The maximum atomic E-state index is 12.5. The minimum absolute atomic E-state index is 0.0612. The van der Waals surface area contributed by atoms with Crippen LogP contribution in [0, 0.1) is 0 Å². The van der Waals surface area contributed by atoms with Gasteiger partial charge in [0.15, 0.2) is 17.1 Å². The summed E-state index contributed by atoms with van der Waals surface area (Å²) in [5.41, 5.74) is 2.33. The van der Waals surface area contributed by atoms with Crippen LogP contribution >= 0.6 is 0 Å². The van der Waals surface area contributed by atoms with Crippen molar-refractivity contribution in [2.75, 3.05) is 20.3 Å². The van der Waals surface area contributed by atoms with Gasteiger partial charge < -0.3 is 18.6 Å². The Morgan fingerprint density at radius 2 is 1.84 bits per heavy atom. The summed E-state index contributed by atoms with van der Waals surface area (Å²) < 4.78 is 22.6. The second-order valence-electron chi connectivity index (χ2n) is 7.58. The molecule has 0 spiro atoms. The van der Waals surface area contributed by atoms with E-state index in [4.69, 9.17) is 18.6 Å². The third-order valence-corrected chi connectivity index (χ3v) is 4.71. The number of benzene rings is 1. The fourth-order valence-electron chi connectivity index (χ4n) is 3.07. The molecule has 1 aromatic heterocycles. The van der Waals surface area contributed by atoms with Crippen molar-refractivity contribution in [2.45, 2.75) is 53.4 Å². The van der Waals surface area contributed by atoms with Crippen LogP contribution in [0.5, 0.6) is 17.2 Å². The molecule has 5 nitrogen and oxygen atoms in total. The average molecular weight is 427 g/mol. The summed E-state index contributed by atoms with van der Waals surface area (Å²) in [6.45, 7) is 9.19. The molecule has 0 bridgehead atoms. The van der Waals surface area contributed by atoms with Crippen molar-refractivity contribution in [3.05, 3.63) is 64.1 Å². The maximum Gasteiger partial charge on any atom is 0.383 e. The van der Waals surface area contributed by atoms with Gasteiger partial charge in [-0.05, 0) is 64.7 Å². The van der Waals surface area contributed by atoms with Crippen molar-refractivity contribution < 1.29 is 18.6 Å². The topological polar surface area (TPSA) is 57.9 Å². The number of para-hydroxylation sites is 1. The fourth-order valence-corrected chi connectivity index (χ4v) is 3.07. The first-order valence-corrected chi connectivity index (χ1v) is 10.8. The van der Waals surface area contributed by atoms with E-state index in [2.05, 4.69) is 45.9 Å². The van der Waals surface area contributed by atoms with E-state index in [-0.39, 0.29) is 5.75 Å². The van der Waals surface area contributed by atoms with Crippen LogP contribution in [0.1, 0.15) is 53.4 Å². The van der Waals surface area contributed by atoms with Gasteiger partial charge in [0.2, 0.25) is 5.75 Å². The van der Waals surface area contributed by atoms with Crippen LogP contribution < -0.4 is 19.8 Å². The molecule has 168 valence electrons. The molecule has 0 saturated heterocycles. The number of rotatable bonds is 12. The lowest BCUT2D eigenvalue weighted by molar-refractivity contribution is 0.307. The van der Waals surface area contributed by atoms with Crippen LogP contribution in [-0.4, -0.2) is 20.3 Å². The standard InChI is InChI=1S/C26H34O5/c1-6-7-8-9-17-29-22-15-11-14-21-23(22)31-26(27)25(28-5)24(21)30-18-16-20(4)13-10-12-19(2)3/h7-8,11-12,14-16H,6,9-10,13,17-18H2,1-5H3/b8-7?,20-16+. The summed E-state index contributed by atoms with van der Waals surface area (Å²) in [5.74, 6) is 0.949. The summed E-state index contributed by atoms with van der Waals surface area (Å²) in [6, 6.07) is 5.48. The Kier molecular flexibility index (Phi) is 9.95. The Hall–Kier alpha value is -2.95. The van der Waals surface area contributed by atoms with Crippen molar-refractivity contribution in [2.24, 2.45) is 0 Å². The number of hydrogen-bond acceptors (Lipinski definition) is 5. The molecule has 0 atom stereocenters. The molecule has 0 N–H and O–H groups in total. The summed E-state index contributed by atoms with van der Waals surface area (Å²) in [5, 5.41) is 0.647. The highest BCUT2D eigenvalue weighted by atomic mass is 16.5. The van der Waals surface area contributed by atoms with Crippen molar-refractivity contribution in [3.63, 3.8) is 0 Å². The van der Waals surface area contributed by atoms with Crippen LogP contribution in [-0.2, 0) is 0 Å². The minimum Gasteiger partial charge on any atom is -0.489 e. The molecule has 0 aliphatic heterocycles. The smallest absolute Gasteiger partial charge is 0.383 e. The molecule has 5 heteroatoms. The first-order chi connectivity index (χ1) is 15.0. The number of fused-ring (bicyclic) bond motifs is 1. The van der Waals surface area contributed by atoms with Crippen LogP contribution in [0.4, 0.5) is 0 Å². The Bertz CT molecular complexity index is 991. The number of allylic oxidation sites excluding steroid dienone is 4. The van der Waals surface area contributed by atoms with Crippen LogP contribution in [0.25, 0.3) is 11.0 Å². The summed E-state index contributed by atoms with van der Waals surface area (Å²) >= 11 is 0. The predicted octanol–water partition coefficient (Wildman–Crippen LogP) is 6.61. The first kappa shape index (κ1) is 24.3. The molecule has 0 unspecified atom stereocenters. The second-order valence-corrected chi connectivity index (χ2v) is 7.58. The highest BCUT2D eigenvalue weighted by Gasteiger charge is 2.19. The lowest BCUT2D eigenvalue weighted by Crippen LogP contribution is -2.09. The summed E-state index contributed by atoms with van der Waals surface area (Å²) in [7, 11) is 1.44. The van der Waals surface area contributed by atoms with Crippen LogP contribution in [0.15, 0.2) is 62.9 Å². The van der Waals surface area contributed by atoms with Gasteiger partial charge in [0.05, 0.1) is 19.1 Å². The molecule has 2 rings (SSSR count). The van der Waals surface area contributed by atoms with Crippen molar-refractivity contribution in [3.8, 4) is 17.2 Å². The van der Waals surface area contributed by atoms with Crippen LogP contribution in [0.3, 0.4) is 0 Å². The molecule has 31 heavy (non-hydrogen) atoms. The monoisotopic (exact) mass is 426 g/mol. The molecule has 0 saturated carbocycles. The third-order valence-electron chi connectivity index (χ3n) is 4.71. The van der Waals surface area contributed by atoms with Gasteiger partial charge in [0, 0.05) is 0 Å². The lowest BCUT2D eigenvalue weighted by atomic mass is 10.1. The molecule has 0 radical (unpaired) electrons. The predicted molar refractivity (Wildman–Crippen MR) is 126 cm³/mol. The van der Waals surface area contributed by atoms with Crippen molar-refractivity contribution in [1.82, 2.24) is 0 Å². The second kappa shape index (κ2) is 12.7. The first-order valence-electron chi connectivity index (χ1n) is 10.8. The largest absolute Gasteiger partial charge is 0.489 e. The zero-order chi connectivity index (χ0) is 22.6. The zero-order valence-corrected chi connectivity index (χ0v) is 19.3. The van der Waals surface area contributed by atoms with Gasteiger partial charge >= 0.3 is 5.63 Å². The number of hydrogen-bond donors (Lipinski definition) is 0. The molecule has 0 fully saturated rings. The van der Waals surface area contributed by atoms with Gasteiger partial charge in [0.25, 0.3) is 0 Å².